The predicted octanol–water partition coefficient (Wildman–Crippen LogP) is 3.19. The van der Waals surface area contributed by atoms with Gasteiger partial charge < -0.3 is 5.32 Å². The van der Waals surface area contributed by atoms with Gasteiger partial charge in [-0.1, -0.05) is 37.9 Å². The summed E-state index contributed by atoms with van der Waals surface area (Å²) in [6.07, 6.45) is 11.5. The third-order valence-electron chi connectivity index (χ3n) is 4.71. The zero-order valence-electron chi connectivity index (χ0n) is 13.0. The molecule has 0 saturated heterocycles. The molecule has 2 atom stereocenters. The van der Waals surface area contributed by atoms with Crippen LogP contribution in [-0.4, -0.2) is 38.0 Å². The molecule has 2 saturated carbocycles. The summed E-state index contributed by atoms with van der Waals surface area (Å²) in [5.74, 6) is 0. The number of thioether (sulfide) groups is 1. The summed E-state index contributed by atoms with van der Waals surface area (Å²) < 4.78 is 2.10. The van der Waals surface area contributed by atoms with E-state index >= 15 is 0 Å². The monoisotopic (exact) mass is 309 g/mol. The van der Waals surface area contributed by atoms with E-state index in [1.165, 1.54) is 57.8 Å². The zero-order valence-corrected chi connectivity index (χ0v) is 13.8. The number of hydrogen-bond donors (Lipinski definition) is 1. The van der Waals surface area contributed by atoms with Crippen LogP contribution in [0.15, 0.2) is 5.16 Å². The molecule has 2 aliphatic carbocycles. The largest absolute Gasteiger partial charge is 0.314 e. The molecule has 118 valence electrons. The van der Waals surface area contributed by atoms with Crippen LogP contribution >= 0.6 is 11.8 Å². The van der Waals surface area contributed by atoms with Crippen LogP contribution < -0.4 is 5.32 Å². The molecular formula is C15H27N5S. The Bertz CT molecular complexity index is 429. The molecule has 6 heteroatoms. The van der Waals surface area contributed by atoms with Crippen molar-refractivity contribution in [3.63, 3.8) is 0 Å². The first-order valence-electron chi connectivity index (χ1n) is 8.54. The van der Waals surface area contributed by atoms with E-state index in [4.69, 9.17) is 0 Å². The van der Waals surface area contributed by atoms with Crippen molar-refractivity contribution in [2.75, 3.05) is 6.54 Å². The number of nitrogens with zero attached hydrogens (tertiary/aromatic N) is 4. The van der Waals surface area contributed by atoms with Gasteiger partial charge in [-0.05, 0) is 55.5 Å². The van der Waals surface area contributed by atoms with E-state index in [2.05, 4.69) is 32.4 Å². The SMILES string of the molecule is CCCNC1CCCC(Sc2nnnn2C2CCCC2)C1. The summed E-state index contributed by atoms with van der Waals surface area (Å²) in [5.41, 5.74) is 0. The van der Waals surface area contributed by atoms with Gasteiger partial charge in [-0.25, -0.2) is 4.68 Å². The Balaban J connectivity index is 1.57. The average Bonchev–Trinajstić information content (AvgIpc) is 3.16. The van der Waals surface area contributed by atoms with Gasteiger partial charge in [0.15, 0.2) is 0 Å². The molecule has 0 aromatic carbocycles. The molecule has 0 bridgehead atoms. The van der Waals surface area contributed by atoms with Gasteiger partial charge in [0, 0.05) is 11.3 Å². The first-order chi connectivity index (χ1) is 10.4. The van der Waals surface area contributed by atoms with Gasteiger partial charge in [-0.3, -0.25) is 0 Å². The maximum Gasteiger partial charge on any atom is 0.209 e. The summed E-state index contributed by atoms with van der Waals surface area (Å²) in [4.78, 5) is 0. The Kier molecular flexibility index (Phi) is 5.52. The van der Waals surface area contributed by atoms with Crippen LogP contribution in [-0.2, 0) is 0 Å². The highest BCUT2D eigenvalue weighted by Gasteiger charge is 2.27. The first kappa shape index (κ1) is 15.3. The fourth-order valence-corrected chi connectivity index (χ4v) is 4.86. The topological polar surface area (TPSA) is 55.6 Å². The van der Waals surface area contributed by atoms with E-state index in [0.29, 0.717) is 17.3 Å². The van der Waals surface area contributed by atoms with Gasteiger partial charge in [0.2, 0.25) is 5.16 Å². The normalized spacial score (nSPS) is 27.3. The molecule has 1 aromatic heterocycles. The van der Waals surface area contributed by atoms with Crippen LogP contribution in [0.25, 0.3) is 0 Å². The fraction of sp³-hybridized carbons (Fsp3) is 0.933. The van der Waals surface area contributed by atoms with Crippen molar-refractivity contribution in [1.82, 2.24) is 25.5 Å². The summed E-state index contributed by atoms with van der Waals surface area (Å²) in [5, 5.41) is 17.9. The number of hydrogen-bond acceptors (Lipinski definition) is 5. The lowest BCUT2D eigenvalue weighted by atomic mass is 9.95. The molecule has 1 aromatic rings. The summed E-state index contributed by atoms with van der Waals surface area (Å²) in [7, 11) is 0. The molecule has 3 rings (SSSR count). The number of tetrazole rings is 1. The minimum atomic E-state index is 0.542. The van der Waals surface area contributed by atoms with Crippen molar-refractivity contribution in [2.45, 2.75) is 87.2 Å². The van der Waals surface area contributed by atoms with E-state index in [-0.39, 0.29) is 0 Å². The van der Waals surface area contributed by atoms with Crippen LogP contribution in [0, 0.1) is 0 Å². The van der Waals surface area contributed by atoms with Crippen molar-refractivity contribution in [1.29, 1.82) is 0 Å². The maximum absolute atomic E-state index is 4.29. The molecule has 2 unspecified atom stereocenters. The van der Waals surface area contributed by atoms with Crippen molar-refractivity contribution in [3.05, 3.63) is 0 Å². The minimum Gasteiger partial charge on any atom is -0.314 e. The van der Waals surface area contributed by atoms with Crippen molar-refractivity contribution in [2.24, 2.45) is 0 Å². The Morgan fingerprint density at radius 3 is 2.86 bits per heavy atom. The molecule has 2 fully saturated rings. The Hall–Kier alpha value is -0.620. The van der Waals surface area contributed by atoms with E-state index in [1.807, 2.05) is 11.8 Å². The predicted molar refractivity (Wildman–Crippen MR) is 85.5 cm³/mol. The van der Waals surface area contributed by atoms with E-state index in [0.717, 1.165) is 11.7 Å². The standard InChI is InChI=1S/C15H27N5S/c1-2-10-16-12-6-5-9-14(11-12)21-15-17-18-19-20(15)13-7-3-4-8-13/h12-14,16H,2-11H2,1H3. The summed E-state index contributed by atoms with van der Waals surface area (Å²) >= 11 is 1.91. The van der Waals surface area contributed by atoms with Crippen molar-refractivity contribution in [3.8, 4) is 0 Å². The Morgan fingerprint density at radius 1 is 1.19 bits per heavy atom. The van der Waals surface area contributed by atoms with Gasteiger partial charge in [0.05, 0.1) is 6.04 Å². The van der Waals surface area contributed by atoms with E-state index < -0.39 is 0 Å². The molecule has 0 amide bonds. The zero-order chi connectivity index (χ0) is 14.5. The van der Waals surface area contributed by atoms with Crippen LogP contribution in [0.1, 0.15) is 70.8 Å². The fourth-order valence-electron chi connectivity index (χ4n) is 3.58. The van der Waals surface area contributed by atoms with Crippen molar-refractivity contribution >= 4 is 11.8 Å². The highest BCUT2D eigenvalue weighted by atomic mass is 32.2. The van der Waals surface area contributed by atoms with E-state index in [9.17, 15) is 0 Å². The molecule has 21 heavy (non-hydrogen) atoms. The van der Waals surface area contributed by atoms with Crippen molar-refractivity contribution < 1.29 is 0 Å². The highest BCUT2D eigenvalue weighted by Crippen LogP contribution is 2.36. The van der Waals surface area contributed by atoms with Crippen LogP contribution in [0.3, 0.4) is 0 Å². The molecule has 0 aliphatic heterocycles. The van der Waals surface area contributed by atoms with Gasteiger partial charge >= 0.3 is 0 Å². The highest BCUT2D eigenvalue weighted by molar-refractivity contribution is 7.99. The second-order valence-electron chi connectivity index (χ2n) is 6.40. The number of rotatable bonds is 6. The number of aromatic nitrogens is 4. The Morgan fingerprint density at radius 2 is 2.05 bits per heavy atom. The molecule has 0 radical (unpaired) electrons. The third-order valence-corrected chi connectivity index (χ3v) is 5.96. The summed E-state index contributed by atoms with van der Waals surface area (Å²) in [6, 6.07) is 1.23. The molecule has 1 heterocycles. The van der Waals surface area contributed by atoms with Crippen LogP contribution in [0.5, 0.6) is 0 Å². The van der Waals surface area contributed by atoms with Gasteiger partial charge in [0.1, 0.15) is 0 Å². The smallest absolute Gasteiger partial charge is 0.209 e. The minimum absolute atomic E-state index is 0.542. The van der Waals surface area contributed by atoms with Gasteiger partial charge in [-0.15, -0.1) is 5.10 Å². The second kappa shape index (κ2) is 7.58. The summed E-state index contributed by atoms with van der Waals surface area (Å²) in [6.45, 7) is 3.37. The lowest BCUT2D eigenvalue weighted by Gasteiger charge is -2.29. The first-order valence-corrected chi connectivity index (χ1v) is 9.42. The molecule has 1 N–H and O–H groups in total. The van der Waals surface area contributed by atoms with Gasteiger partial charge in [0.25, 0.3) is 0 Å². The van der Waals surface area contributed by atoms with Gasteiger partial charge in [-0.2, -0.15) is 0 Å². The average molecular weight is 309 g/mol. The number of nitrogens with one attached hydrogen (secondary N) is 1. The quantitative estimate of drug-likeness (QED) is 0.874. The Labute approximate surface area is 131 Å². The van der Waals surface area contributed by atoms with Crippen LogP contribution in [0.2, 0.25) is 0 Å². The lowest BCUT2D eigenvalue weighted by molar-refractivity contribution is 0.379. The lowest BCUT2D eigenvalue weighted by Crippen LogP contribution is -2.35. The molecule has 2 aliphatic rings. The maximum atomic E-state index is 4.29. The molecule has 5 nitrogen and oxygen atoms in total. The van der Waals surface area contributed by atoms with E-state index in [1.54, 1.807) is 0 Å². The second-order valence-corrected chi connectivity index (χ2v) is 7.67. The third kappa shape index (κ3) is 3.97. The van der Waals surface area contributed by atoms with Crippen LogP contribution in [0.4, 0.5) is 0 Å². The molecule has 0 spiro atoms. The molecular weight excluding hydrogens is 282 g/mol.